The Morgan fingerprint density at radius 2 is 2.25 bits per heavy atom. The summed E-state index contributed by atoms with van der Waals surface area (Å²) in [6.07, 6.45) is 0.408. The number of hydrogen-bond acceptors (Lipinski definition) is 8. The van der Waals surface area contributed by atoms with Gasteiger partial charge in [-0.25, -0.2) is 4.79 Å². The molecule has 3 heterocycles. The molecule has 1 aromatic rings. The summed E-state index contributed by atoms with van der Waals surface area (Å²) in [6.45, 7) is 0. The van der Waals surface area contributed by atoms with Crippen molar-refractivity contribution in [3.8, 4) is 0 Å². The van der Waals surface area contributed by atoms with E-state index in [1.807, 2.05) is 0 Å². The zero-order chi connectivity index (χ0) is 13.6. The van der Waals surface area contributed by atoms with Crippen molar-refractivity contribution in [2.75, 3.05) is 11.5 Å². The molecule has 3 rings (SSSR count). The van der Waals surface area contributed by atoms with Crippen molar-refractivity contribution in [3.05, 3.63) is 10.6 Å². The van der Waals surface area contributed by atoms with Gasteiger partial charge in [0.1, 0.15) is 5.70 Å². The van der Waals surface area contributed by atoms with Crippen LogP contribution in [0.5, 0.6) is 0 Å². The van der Waals surface area contributed by atoms with Gasteiger partial charge in [-0.1, -0.05) is 23.1 Å². The molecule has 102 valence electrons. The molecular formula is C9H9N4NaO3S3. The van der Waals surface area contributed by atoms with Crippen LogP contribution in [0.2, 0.25) is 0 Å². The van der Waals surface area contributed by atoms with Crippen LogP contribution < -0.4 is 5.73 Å². The zero-order valence-electron chi connectivity index (χ0n) is 9.40. The van der Waals surface area contributed by atoms with Crippen LogP contribution in [0.3, 0.4) is 0 Å². The number of carbonyl (C=O) groups is 2. The number of rotatable bonds is 3. The molecule has 1 amide bonds. The molecule has 1 fully saturated rings. The third-order valence-corrected chi connectivity index (χ3v) is 5.94. The van der Waals surface area contributed by atoms with E-state index in [-0.39, 0.29) is 46.5 Å². The minimum atomic E-state index is -1.08. The molecule has 0 spiro atoms. The van der Waals surface area contributed by atoms with Gasteiger partial charge in [-0.15, -0.1) is 22.0 Å². The number of hydrogen-bond donors (Lipinski definition) is 2. The quantitative estimate of drug-likeness (QED) is 0.592. The Morgan fingerprint density at radius 3 is 2.80 bits per heavy atom. The number of nitrogens with two attached hydrogens (primary N) is 1. The van der Waals surface area contributed by atoms with Crippen LogP contribution in [0.15, 0.2) is 14.9 Å². The van der Waals surface area contributed by atoms with Gasteiger partial charge in [0.15, 0.2) is 4.34 Å². The number of carbonyl (C=O) groups excluding carboxylic acids is 1. The van der Waals surface area contributed by atoms with Gasteiger partial charge in [-0.2, -0.15) is 0 Å². The van der Waals surface area contributed by atoms with E-state index in [1.165, 1.54) is 28.0 Å². The number of β-lactam (4-membered cyclic amide) rings is 1. The second-order valence-corrected chi connectivity index (χ2v) is 7.34. The number of fused-ring (bicyclic) bond motifs is 1. The average Bonchev–Trinajstić information content (AvgIpc) is 2.74. The normalized spacial score (nSPS) is 21.1. The maximum atomic E-state index is 11.5. The summed E-state index contributed by atoms with van der Waals surface area (Å²) in [7, 11) is 0. The summed E-state index contributed by atoms with van der Waals surface area (Å²) < 4.78 is 0.582. The fourth-order valence-electron chi connectivity index (χ4n) is 1.83. The number of anilines is 1. The van der Waals surface area contributed by atoms with E-state index in [0.29, 0.717) is 26.6 Å². The number of aliphatic carboxylic acids is 1. The molecule has 0 saturated carbocycles. The fourth-order valence-corrected chi connectivity index (χ4v) is 5.03. The van der Waals surface area contributed by atoms with Crippen LogP contribution in [0, 0.1) is 0 Å². The Balaban J connectivity index is 0.00000147. The summed E-state index contributed by atoms with van der Waals surface area (Å²) in [5.41, 5.74) is 5.56. The number of carboxylic acid groups (broad SMARTS) is 1. The predicted molar refractivity (Wildman–Crippen MR) is 79.7 cm³/mol. The third-order valence-electron chi connectivity index (χ3n) is 2.65. The Kier molecular flexibility index (Phi) is 5.03. The molecule has 7 nitrogen and oxygen atoms in total. The van der Waals surface area contributed by atoms with Gasteiger partial charge >= 0.3 is 35.5 Å². The molecule has 0 aliphatic carbocycles. The van der Waals surface area contributed by atoms with E-state index in [1.54, 1.807) is 11.8 Å². The van der Waals surface area contributed by atoms with Crippen molar-refractivity contribution in [3.63, 3.8) is 0 Å². The summed E-state index contributed by atoms with van der Waals surface area (Å²) in [5.74, 6) is -0.678. The van der Waals surface area contributed by atoms with Gasteiger partial charge < -0.3 is 10.8 Å². The van der Waals surface area contributed by atoms with Crippen LogP contribution in [-0.4, -0.2) is 72.8 Å². The van der Waals surface area contributed by atoms with Crippen molar-refractivity contribution in [1.29, 1.82) is 0 Å². The molecule has 2 aliphatic heterocycles. The van der Waals surface area contributed by atoms with Gasteiger partial charge in [-0.3, -0.25) is 9.69 Å². The minimum absolute atomic E-state index is 0. The average molecular weight is 340 g/mol. The molecule has 3 N–H and O–H groups in total. The molecule has 11 heteroatoms. The first-order valence-electron chi connectivity index (χ1n) is 5.23. The van der Waals surface area contributed by atoms with E-state index >= 15 is 0 Å². The summed E-state index contributed by atoms with van der Waals surface area (Å²) in [4.78, 5) is 24.9. The van der Waals surface area contributed by atoms with Crippen molar-refractivity contribution in [2.45, 2.75) is 16.1 Å². The molecule has 1 aromatic heterocycles. The second kappa shape index (κ2) is 6.24. The molecule has 1 unspecified atom stereocenters. The van der Waals surface area contributed by atoms with Gasteiger partial charge in [0.2, 0.25) is 11.0 Å². The van der Waals surface area contributed by atoms with Crippen LogP contribution in [0.25, 0.3) is 0 Å². The Bertz CT molecular complexity index is 605. The molecule has 0 aromatic carbocycles. The number of carboxylic acids is 1. The van der Waals surface area contributed by atoms with Crippen molar-refractivity contribution in [2.24, 2.45) is 0 Å². The molecule has 2 aliphatic rings. The number of nitrogen functional groups attached to an aromatic ring is 1. The standard InChI is InChI=1S/C9H8N4O3S3.Na.H/c10-8-11-12-9(19-8)18-3-2-17-5-1-4(14)13(5)6(3)7(15)16;;/h5H,1-2H2,(H2,10,11)(H,15,16);;. The van der Waals surface area contributed by atoms with E-state index in [0.717, 1.165) is 0 Å². The van der Waals surface area contributed by atoms with Crippen LogP contribution in [-0.2, 0) is 9.59 Å². The van der Waals surface area contributed by atoms with E-state index < -0.39 is 5.97 Å². The Morgan fingerprint density at radius 1 is 1.50 bits per heavy atom. The molecular weight excluding hydrogens is 331 g/mol. The van der Waals surface area contributed by atoms with Gasteiger partial charge in [0, 0.05) is 10.7 Å². The molecule has 1 saturated heterocycles. The van der Waals surface area contributed by atoms with Crippen LogP contribution in [0.1, 0.15) is 6.42 Å². The second-order valence-electron chi connectivity index (χ2n) is 3.82. The number of amides is 1. The maximum absolute atomic E-state index is 11.5. The van der Waals surface area contributed by atoms with E-state index in [4.69, 9.17) is 5.73 Å². The van der Waals surface area contributed by atoms with E-state index in [2.05, 4.69) is 10.2 Å². The number of nitrogens with zero attached hydrogens (tertiary/aromatic N) is 3. The van der Waals surface area contributed by atoms with Crippen molar-refractivity contribution >= 4 is 81.4 Å². The van der Waals surface area contributed by atoms with Gasteiger partial charge in [0.25, 0.3) is 0 Å². The SMILES string of the molecule is Nc1nnc(SC2=C(C(=O)O)N3C(=O)CC3SC2)s1.[NaH]. The summed E-state index contributed by atoms with van der Waals surface area (Å²) in [6, 6.07) is 0. The Labute approximate surface area is 148 Å². The van der Waals surface area contributed by atoms with Crippen LogP contribution >= 0.6 is 34.9 Å². The Hall–Kier alpha value is -0.260. The third kappa shape index (κ3) is 2.85. The monoisotopic (exact) mass is 340 g/mol. The topological polar surface area (TPSA) is 109 Å². The van der Waals surface area contributed by atoms with Crippen molar-refractivity contribution < 1.29 is 14.7 Å². The molecule has 0 bridgehead atoms. The summed E-state index contributed by atoms with van der Waals surface area (Å²) in [5, 5.41) is 17.1. The predicted octanol–water partition coefficient (Wildman–Crippen LogP) is 0.165. The summed E-state index contributed by atoms with van der Waals surface area (Å²) >= 11 is 3.97. The fraction of sp³-hybridized carbons (Fsp3) is 0.333. The van der Waals surface area contributed by atoms with Crippen molar-refractivity contribution in [1.82, 2.24) is 15.1 Å². The van der Waals surface area contributed by atoms with Gasteiger partial charge in [-0.05, 0) is 0 Å². The first-order valence-corrected chi connectivity index (χ1v) is 7.91. The number of aromatic nitrogens is 2. The first kappa shape index (κ1) is 16.1. The number of thioether (sulfide) groups is 2. The van der Waals surface area contributed by atoms with E-state index in [9.17, 15) is 14.7 Å². The first-order chi connectivity index (χ1) is 9.06. The van der Waals surface area contributed by atoms with Gasteiger partial charge in [0.05, 0.1) is 11.8 Å². The molecule has 20 heavy (non-hydrogen) atoms. The molecule has 0 radical (unpaired) electrons. The van der Waals surface area contributed by atoms with Crippen LogP contribution in [0.4, 0.5) is 5.13 Å². The zero-order valence-corrected chi connectivity index (χ0v) is 11.8. The molecule has 1 atom stereocenters.